The summed E-state index contributed by atoms with van der Waals surface area (Å²) in [6.45, 7) is 2.05. The number of aryl methyl sites for hydroxylation is 1. The minimum Gasteiger partial charge on any atom is -0.294 e. The highest BCUT2D eigenvalue weighted by Crippen LogP contribution is 2.44. The van der Waals surface area contributed by atoms with E-state index in [4.69, 9.17) is 0 Å². The van der Waals surface area contributed by atoms with Gasteiger partial charge in [0.05, 0.1) is 5.69 Å². The molecule has 3 nitrogen and oxygen atoms in total. The number of nitrogens with zero attached hydrogens (tertiary/aromatic N) is 1. The highest BCUT2D eigenvalue weighted by molar-refractivity contribution is 6.07. The molecule has 0 spiro atoms. The van der Waals surface area contributed by atoms with Gasteiger partial charge in [-0.05, 0) is 42.5 Å². The van der Waals surface area contributed by atoms with Crippen molar-refractivity contribution in [3.05, 3.63) is 76.7 Å². The maximum absolute atomic E-state index is 14.5. The molecule has 0 fully saturated rings. The van der Waals surface area contributed by atoms with Gasteiger partial charge in [-0.2, -0.15) is 0 Å². The topological polar surface area (TPSA) is 37.4 Å². The first kappa shape index (κ1) is 17.7. The van der Waals surface area contributed by atoms with Crippen molar-refractivity contribution in [3.63, 3.8) is 0 Å². The zero-order valence-electron chi connectivity index (χ0n) is 15.4. The maximum Gasteiger partial charge on any atom is 0.232 e. The van der Waals surface area contributed by atoms with E-state index in [9.17, 15) is 14.0 Å². The Kier molecular flexibility index (Phi) is 4.65. The fourth-order valence-electron chi connectivity index (χ4n) is 4.32. The van der Waals surface area contributed by atoms with Crippen LogP contribution in [-0.2, 0) is 16.0 Å². The first-order chi connectivity index (χ1) is 13.1. The van der Waals surface area contributed by atoms with Gasteiger partial charge in [-0.3, -0.25) is 14.5 Å². The van der Waals surface area contributed by atoms with Gasteiger partial charge in [-0.15, -0.1) is 0 Å². The molecule has 1 aliphatic heterocycles. The van der Waals surface area contributed by atoms with E-state index >= 15 is 0 Å². The maximum atomic E-state index is 14.5. The largest absolute Gasteiger partial charge is 0.294 e. The molecule has 2 aliphatic rings. The van der Waals surface area contributed by atoms with E-state index < -0.39 is 5.92 Å². The van der Waals surface area contributed by atoms with Crippen LogP contribution in [0.3, 0.4) is 0 Å². The third kappa shape index (κ3) is 2.99. The molecule has 1 aliphatic carbocycles. The average molecular weight is 363 g/mol. The van der Waals surface area contributed by atoms with Crippen LogP contribution >= 0.6 is 0 Å². The fourth-order valence-corrected chi connectivity index (χ4v) is 4.32. The van der Waals surface area contributed by atoms with Crippen LogP contribution in [-0.4, -0.2) is 11.7 Å². The summed E-state index contributed by atoms with van der Waals surface area (Å²) < 4.78 is 14.5. The Balaban J connectivity index is 1.90. The summed E-state index contributed by atoms with van der Waals surface area (Å²) in [4.78, 5) is 27.7. The van der Waals surface area contributed by atoms with Crippen LogP contribution < -0.4 is 4.90 Å². The number of ketones is 1. The van der Waals surface area contributed by atoms with E-state index in [1.807, 2.05) is 24.3 Å². The van der Waals surface area contributed by atoms with Crippen LogP contribution in [0.25, 0.3) is 0 Å². The quantitative estimate of drug-likeness (QED) is 0.776. The van der Waals surface area contributed by atoms with Crippen molar-refractivity contribution in [2.24, 2.45) is 0 Å². The van der Waals surface area contributed by atoms with Gasteiger partial charge in [0.2, 0.25) is 5.91 Å². The second-order valence-electron chi connectivity index (χ2n) is 7.13. The molecule has 2 aromatic rings. The number of benzene rings is 2. The molecule has 0 N–H and O–H groups in total. The van der Waals surface area contributed by atoms with Crippen LogP contribution in [0.15, 0.2) is 59.8 Å². The standard InChI is InChI=1S/C23H22FNO2/c1-2-15-8-3-6-11-19(15)25-20-12-7-13-21(26)23(20)17(14-22(25)27)16-9-4-5-10-18(16)24/h3-6,8-11,17H,2,7,12-14H2,1H3. The lowest BCUT2D eigenvalue weighted by Crippen LogP contribution is -2.41. The van der Waals surface area contributed by atoms with Crippen LogP contribution in [0, 0.1) is 5.82 Å². The average Bonchev–Trinajstić information content (AvgIpc) is 2.68. The Labute approximate surface area is 158 Å². The normalized spacial score (nSPS) is 20.1. The van der Waals surface area contributed by atoms with Crippen molar-refractivity contribution >= 4 is 17.4 Å². The molecule has 2 aromatic carbocycles. The second-order valence-corrected chi connectivity index (χ2v) is 7.13. The predicted octanol–water partition coefficient (Wildman–Crippen LogP) is 4.92. The smallest absolute Gasteiger partial charge is 0.232 e. The van der Waals surface area contributed by atoms with Crippen molar-refractivity contribution < 1.29 is 14.0 Å². The van der Waals surface area contributed by atoms with Crippen molar-refractivity contribution in [1.82, 2.24) is 0 Å². The second kappa shape index (κ2) is 7.10. The van der Waals surface area contributed by atoms with E-state index in [0.717, 1.165) is 29.8 Å². The summed E-state index contributed by atoms with van der Waals surface area (Å²) in [7, 11) is 0. The molecule has 0 aromatic heterocycles. The Morgan fingerprint density at radius 2 is 1.78 bits per heavy atom. The predicted molar refractivity (Wildman–Crippen MR) is 103 cm³/mol. The lowest BCUT2D eigenvalue weighted by atomic mass is 9.77. The molecular weight excluding hydrogens is 341 g/mol. The molecule has 0 radical (unpaired) electrons. The van der Waals surface area contributed by atoms with Crippen molar-refractivity contribution in [2.75, 3.05) is 4.90 Å². The molecule has 0 saturated carbocycles. The van der Waals surface area contributed by atoms with Crippen LogP contribution in [0.1, 0.15) is 49.7 Å². The number of para-hydroxylation sites is 1. The van der Waals surface area contributed by atoms with Gasteiger partial charge in [0.15, 0.2) is 5.78 Å². The van der Waals surface area contributed by atoms with Gasteiger partial charge in [-0.1, -0.05) is 43.3 Å². The zero-order chi connectivity index (χ0) is 19.0. The molecule has 1 heterocycles. The molecule has 1 atom stereocenters. The van der Waals surface area contributed by atoms with Gasteiger partial charge in [0.25, 0.3) is 0 Å². The number of Topliss-reactive ketones (excluding diaryl/α,β-unsaturated/α-hetero) is 1. The monoisotopic (exact) mass is 363 g/mol. The number of rotatable bonds is 3. The van der Waals surface area contributed by atoms with Gasteiger partial charge in [-0.25, -0.2) is 4.39 Å². The highest BCUT2D eigenvalue weighted by atomic mass is 19.1. The Bertz CT molecular complexity index is 947. The van der Waals surface area contributed by atoms with Crippen molar-refractivity contribution in [1.29, 1.82) is 0 Å². The molecule has 4 heteroatoms. The molecule has 138 valence electrons. The molecule has 0 bridgehead atoms. The number of amides is 1. The summed E-state index contributed by atoms with van der Waals surface area (Å²) in [5.41, 5.74) is 3.74. The third-order valence-corrected chi connectivity index (χ3v) is 5.57. The van der Waals surface area contributed by atoms with Crippen LogP contribution in [0.2, 0.25) is 0 Å². The van der Waals surface area contributed by atoms with Crippen LogP contribution in [0.4, 0.5) is 10.1 Å². The van der Waals surface area contributed by atoms with Gasteiger partial charge in [0, 0.05) is 30.0 Å². The molecule has 1 amide bonds. The van der Waals surface area contributed by atoms with E-state index in [1.165, 1.54) is 6.07 Å². The zero-order valence-corrected chi connectivity index (χ0v) is 15.4. The molecular formula is C23H22FNO2. The van der Waals surface area contributed by atoms with E-state index in [0.29, 0.717) is 24.0 Å². The first-order valence-electron chi connectivity index (χ1n) is 9.53. The number of halogens is 1. The summed E-state index contributed by atoms with van der Waals surface area (Å²) in [5.74, 6) is -0.886. The molecule has 27 heavy (non-hydrogen) atoms. The van der Waals surface area contributed by atoms with Crippen molar-refractivity contribution in [2.45, 2.75) is 44.9 Å². The third-order valence-electron chi connectivity index (χ3n) is 5.57. The Morgan fingerprint density at radius 1 is 1.04 bits per heavy atom. The minimum atomic E-state index is -0.494. The molecule has 1 unspecified atom stereocenters. The number of carbonyl (C=O) groups excluding carboxylic acids is 2. The Morgan fingerprint density at radius 3 is 2.56 bits per heavy atom. The lowest BCUT2D eigenvalue weighted by molar-refractivity contribution is -0.119. The summed E-state index contributed by atoms with van der Waals surface area (Å²) in [6, 6.07) is 14.3. The van der Waals surface area contributed by atoms with E-state index in [2.05, 4.69) is 6.92 Å². The summed E-state index contributed by atoms with van der Waals surface area (Å²) >= 11 is 0. The van der Waals surface area contributed by atoms with Crippen molar-refractivity contribution in [3.8, 4) is 0 Å². The summed E-state index contributed by atoms with van der Waals surface area (Å²) in [6.07, 6.45) is 2.76. The number of anilines is 1. The van der Waals surface area contributed by atoms with Gasteiger partial charge < -0.3 is 0 Å². The number of hydrogen-bond acceptors (Lipinski definition) is 2. The lowest BCUT2D eigenvalue weighted by Gasteiger charge is -2.39. The summed E-state index contributed by atoms with van der Waals surface area (Å²) in [5, 5.41) is 0. The van der Waals surface area contributed by atoms with E-state index in [-0.39, 0.29) is 23.9 Å². The molecule has 4 rings (SSSR count). The molecule has 0 saturated heterocycles. The van der Waals surface area contributed by atoms with Crippen LogP contribution in [0.5, 0.6) is 0 Å². The minimum absolute atomic E-state index is 0.0379. The van der Waals surface area contributed by atoms with Gasteiger partial charge >= 0.3 is 0 Å². The van der Waals surface area contributed by atoms with E-state index in [1.54, 1.807) is 23.1 Å². The number of allylic oxidation sites excluding steroid dienone is 2. The number of hydrogen-bond donors (Lipinski definition) is 0. The number of carbonyl (C=O) groups is 2. The first-order valence-corrected chi connectivity index (χ1v) is 9.53. The SMILES string of the molecule is CCc1ccccc1N1C(=O)CC(c2ccccc2F)C2=C1CCCC2=O. The Hall–Kier alpha value is -2.75. The fraction of sp³-hybridized carbons (Fsp3) is 0.304. The highest BCUT2D eigenvalue weighted by Gasteiger charge is 2.40. The van der Waals surface area contributed by atoms with Gasteiger partial charge in [0.1, 0.15) is 5.82 Å².